The minimum atomic E-state index is -0.523. The molecule has 1 aliphatic carbocycles. The van der Waals surface area contributed by atoms with Crippen LogP contribution in [0.25, 0.3) is 21.8 Å². The number of hydrogen-bond acceptors (Lipinski definition) is 8. The van der Waals surface area contributed by atoms with Crippen molar-refractivity contribution in [1.82, 2.24) is 24.5 Å². The lowest BCUT2D eigenvalue weighted by molar-refractivity contribution is 0.0114. The molecular weight excluding hydrogens is 560 g/mol. The predicted octanol–water partition coefficient (Wildman–Crippen LogP) is 5.13. The van der Waals surface area contributed by atoms with Crippen LogP contribution in [-0.4, -0.2) is 81.4 Å². The number of methoxy groups -OCH3 is 1. The summed E-state index contributed by atoms with van der Waals surface area (Å²) in [6.07, 6.45) is 7.40. The highest BCUT2D eigenvalue weighted by Crippen LogP contribution is 2.39. The highest BCUT2D eigenvalue weighted by atomic mass is 16.6. The normalized spacial score (nSPS) is 15.9. The topological polar surface area (TPSA) is 119 Å². The zero-order chi connectivity index (χ0) is 31.3. The Labute approximate surface area is 257 Å². The van der Waals surface area contributed by atoms with Gasteiger partial charge >= 0.3 is 6.09 Å². The second kappa shape index (κ2) is 11.2. The number of benzene rings is 2. The number of anilines is 3. The van der Waals surface area contributed by atoms with Gasteiger partial charge in [0.05, 0.1) is 29.6 Å². The van der Waals surface area contributed by atoms with Gasteiger partial charge in [0.15, 0.2) is 0 Å². The summed E-state index contributed by atoms with van der Waals surface area (Å²) < 4.78 is 14.8. The quantitative estimate of drug-likeness (QED) is 0.299. The van der Waals surface area contributed by atoms with Crippen LogP contribution in [0.2, 0.25) is 0 Å². The van der Waals surface area contributed by atoms with Gasteiger partial charge in [0.2, 0.25) is 0 Å². The van der Waals surface area contributed by atoms with Crippen LogP contribution in [0.5, 0.6) is 5.75 Å². The molecule has 0 bridgehead atoms. The number of aryl methyl sites for hydroxylation is 2. The molecule has 2 aromatic heterocycles. The third kappa shape index (κ3) is 5.72. The largest absolute Gasteiger partial charge is 0.494 e. The molecule has 4 aromatic rings. The molecular formula is C32H42N8O4. The minimum absolute atomic E-state index is 0.138. The molecule has 1 saturated carbocycles. The zero-order valence-corrected chi connectivity index (χ0v) is 26.6. The average Bonchev–Trinajstić information content (AvgIpc) is 3.60. The molecule has 2 aromatic carbocycles. The van der Waals surface area contributed by atoms with E-state index in [1.54, 1.807) is 16.5 Å². The van der Waals surface area contributed by atoms with E-state index in [0.717, 1.165) is 60.7 Å². The fourth-order valence-electron chi connectivity index (χ4n) is 6.24. The molecule has 2 fully saturated rings. The molecule has 0 radical (unpaired) electrons. The Balaban J connectivity index is 1.27. The Bertz CT molecular complexity index is 1720. The minimum Gasteiger partial charge on any atom is -0.494 e. The molecule has 12 nitrogen and oxygen atoms in total. The Morgan fingerprint density at radius 2 is 1.64 bits per heavy atom. The van der Waals surface area contributed by atoms with Gasteiger partial charge in [-0.2, -0.15) is 10.2 Å². The van der Waals surface area contributed by atoms with Crippen LogP contribution in [0.15, 0.2) is 30.6 Å². The summed E-state index contributed by atoms with van der Waals surface area (Å²) in [5, 5.41) is 17.3. The second-order valence-corrected chi connectivity index (χ2v) is 12.8. The molecule has 1 aliphatic heterocycles. The molecule has 12 heteroatoms. The number of hydrogen-bond donors (Lipinski definition) is 2. The van der Waals surface area contributed by atoms with E-state index >= 15 is 0 Å². The Kier molecular flexibility index (Phi) is 7.54. The molecule has 44 heavy (non-hydrogen) atoms. The number of carbonyl (C=O) groups is 2. The summed E-state index contributed by atoms with van der Waals surface area (Å²) in [6, 6.07) is 6.14. The van der Waals surface area contributed by atoms with Crippen molar-refractivity contribution in [2.75, 3.05) is 42.8 Å². The molecule has 2 amide bonds. The van der Waals surface area contributed by atoms with Crippen LogP contribution in [0.1, 0.15) is 56.8 Å². The highest BCUT2D eigenvalue weighted by Gasteiger charge is 2.41. The first-order chi connectivity index (χ1) is 21.0. The fraction of sp³-hybridized carbons (Fsp3) is 0.500. The lowest BCUT2D eigenvalue weighted by Crippen LogP contribution is -2.50. The van der Waals surface area contributed by atoms with Gasteiger partial charge in [-0.1, -0.05) is 0 Å². The maximum atomic E-state index is 13.9. The second-order valence-electron chi connectivity index (χ2n) is 12.8. The van der Waals surface area contributed by atoms with Gasteiger partial charge in [-0.25, -0.2) is 4.79 Å². The van der Waals surface area contributed by atoms with E-state index < -0.39 is 5.60 Å². The predicted molar refractivity (Wildman–Crippen MR) is 172 cm³/mol. The first kappa shape index (κ1) is 29.6. The Morgan fingerprint density at radius 1 is 0.955 bits per heavy atom. The number of piperidine rings is 1. The SMILES string of the molecule is CNc1cc(N2CCC(N(C(=O)OC(C)(C)C)C3CC3)CC2)c2cn(C)nc2c1C(=O)Nc1cc2cn(C)nc2cc1OC. The highest BCUT2D eigenvalue weighted by molar-refractivity contribution is 6.18. The van der Waals surface area contributed by atoms with Crippen molar-refractivity contribution in [3.05, 3.63) is 36.2 Å². The first-order valence-corrected chi connectivity index (χ1v) is 15.2. The number of amides is 2. The lowest BCUT2D eigenvalue weighted by Gasteiger charge is -2.40. The van der Waals surface area contributed by atoms with Crippen LogP contribution in [0.3, 0.4) is 0 Å². The third-order valence-electron chi connectivity index (χ3n) is 8.32. The summed E-state index contributed by atoms with van der Waals surface area (Å²) in [5.41, 5.74) is 3.58. The molecule has 6 rings (SSSR count). The smallest absolute Gasteiger partial charge is 0.410 e. The van der Waals surface area contributed by atoms with E-state index in [2.05, 4.69) is 20.6 Å². The molecule has 0 unspecified atom stereocenters. The lowest BCUT2D eigenvalue weighted by atomic mass is 10.00. The first-order valence-electron chi connectivity index (χ1n) is 15.2. The van der Waals surface area contributed by atoms with E-state index in [1.165, 1.54) is 0 Å². The van der Waals surface area contributed by atoms with E-state index in [1.807, 2.05) is 77.4 Å². The van der Waals surface area contributed by atoms with Gasteiger partial charge < -0.3 is 29.9 Å². The number of nitrogens with one attached hydrogen (secondary N) is 2. The number of fused-ring (bicyclic) bond motifs is 2. The summed E-state index contributed by atoms with van der Waals surface area (Å²) in [5.74, 6) is 0.237. The Morgan fingerprint density at radius 3 is 2.27 bits per heavy atom. The van der Waals surface area contributed by atoms with Gasteiger partial charge in [-0.05, 0) is 58.6 Å². The molecule has 3 heterocycles. The average molecular weight is 603 g/mol. The summed E-state index contributed by atoms with van der Waals surface area (Å²) >= 11 is 0. The van der Waals surface area contributed by atoms with E-state index in [-0.39, 0.29) is 24.1 Å². The fourth-order valence-corrected chi connectivity index (χ4v) is 6.24. The van der Waals surface area contributed by atoms with Crippen molar-refractivity contribution in [1.29, 1.82) is 0 Å². The van der Waals surface area contributed by atoms with Crippen molar-refractivity contribution in [3.63, 3.8) is 0 Å². The number of ether oxygens (including phenoxy) is 2. The Hall–Kier alpha value is -4.48. The van der Waals surface area contributed by atoms with E-state index in [9.17, 15) is 9.59 Å². The third-order valence-corrected chi connectivity index (χ3v) is 8.32. The zero-order valence-electron chi connectivity index (χ0n) is 26.6. The van der Waals surface area contributed by atoms with Crippen molar-refractivity contribution < 1.29 is 19.1 Å². The van der Waals surface area contributed by atoms with Gasteiger partial charge in [-0.15, -0.1) is 0 Å². The van der Waals surface area contributed by atoms with Crippen LogP contribution in [-0.2, 0) is 18.8 Å². The van der Waals surface area contributed by atoms with Crippen molar-refractivity contribution in [2.24, 2.45) is 14.1 Å². The van der Waals surface area contributed by atoms with Gasteiger partial charge in [0.25, 0.3) is 5.91 Å². The molecule has 234 valence electrons. The number of nitrogens with zero attached hydrogens (tertiary/aromatic N) is 6. The van der Waals surface area contributed by atoms with Gasteiger partial charge in [0, 0.05) is 81.2 Å². The van der Waals surface area contributed by atoms with Crippen LogP contribution < -0.4 is 20.3 Å². The van der Waals surface area contributed by atoms with Gasteiger partial charge in [-0.3, -0.25) is 14.2 Å². The summed E-state index contributed by atoms with van der Waals surface area (Å²) in [6.45, 7) is 7.29. The van der Waals surface area contributed by atoms with Crippen LogP contribution in [0.4, 0.5) is 21.9 Å². The van der Waals surface area contributed by atoms with E-state index in [0.29, 0.717) is 28.2 Å². The number of aromatic nitrogens is 4. The van der Waals surface area contributed by atoms with Gasteiger partial charge in [0.1, 0.15) is 16.9 Å². The standard InChI is InChI=1S/C32H42N8O4/c1-32(2,3)44-31(42)40(20-8-9-20)21-10-12-39(13-11-21)26-15-25(33-4)28(29-22(26)18-38(6)36-29)30(41)34-24-14-19-17-37(5)35-23(19)16-27(24)43-7/h14-18,20-21,33H,8-13H2,1-7H3,(H,34,41). The number of carbonyl (C=O) groups excluding carboxylic acids is 2. The summed E-state index contributed by atoms with van der Waals surface area (Å²) in [4.78, 5) is 31.4. The van der Waals surface area contributed by atoms with Crippen molar-refractivity contribution >= 4 is 50.9 Å². The maximum Gasteiger partial charge on any atom is 0.410 e. The maximum absolute atomic E-state index is 13.9. The molecule has 0 atom stereocenters. The molecule has 2 N–H and O–H groups in total. The summed E-state index contributed by atoms with van der Waals surface area (Å²) in [7, 11) is 7.11. The van der Waals surface area contributed by atoms with Crippen LogP contribution in [0, 0.1) is 0 Å². The molecule has 0 spiro atoms. The van der Waals surface area contributed by atoms with Crippen molar-refractivity contribution in [3.8, 4) is 5.75 Å². The monoisotopic (exact) mass is 602 g/mol. The molecule has 1 saturated heterocycles. The van der Waals surface area contributed by atoms with E-state index in [4.69, 9.17) is 14.6 Å². The van der Waals surface area contributed by atoms with Crippen LogP contribution >= 0.6 is 0 Å². The van der Waals surface area contributed by atoms with Crippen molar-refractivity contribution in [2.45, 2.75) is 64.1 Å². The molecule has 2 aliphatic rings. The number of rotatable bonds is 7.